The van der Waals surface area contributed by atoms with E-state index < -0.39 is 15.7 Å². The van der Waals surface area contributed by atoms with E-state index >= 15 is 0 Å². The minimum atomic E-state index is -3.96. The Labute approximate surface area is 139 Å². The van der Waals surface area contributed by atoms with Crippen LogP contribution in [0.3, 0.4) is 0 Å². The molecule has 122 valence electrons. The molecule has 0 aliphatic heterocycles. The first-order valence-electron chi connectivity index (χ1n) is 6.83. The highest BCUT2D eigenvalue weighted by Crippen LogP contribution is 2.30. The lowest BCUT2D eigenvalue weighted by molar-refractivity contribution is 0.591. The molecule has 4 aromatic rings. The van der Waals surface area contributed by atoms with Crippen LogP contribution in [0, 0.1) is 5.82 Å². The van der Waals surface area contributed by atoms with Crippen molar-refractivity contribution < 1.29 is 12.8 Å². The van der Waals surface area contributed by atoms with E-state index in [-0.39, 0.29) is 15.6 Å². The topological polar surface area (TPSA) is 89.2 Å². The molecule has 0 unspecified atom stereocenters. The van der Waals surface area contributed by atoms with E-state index in [2.05, 4.69) is 20.6 Å². The Morgan fingerprint density at radius 2 is 1.96 bits per heavy atom. The standard InChI is InChI=1S/C14H10FN5O2S2/c1-16-11-10-6-7-23-14(10)20-12(17-11)13(18-19-20)24(21,22)9-4-2-8(15)3-5-9/h2-7H,1H3,(H,16,17). The molecule has 0 saturated carbocycles. The SMILES string of the molecule is CNc1nc2c(S(=O)(=O)c3ccc(F)cc3)nnn2c2sccc12. The highest BCUT2D eigenvalue weighted by atomic mass is 32.2. The molecule has 0 atom stereocenters. The van der Waals surface area contributed by atoms with Crippen LogP contribution in [0.25, 0.3) is 15.9 Å². The van der Waals surface area contributed by atoms with Crippen LogP contribution in [-0.4, -0.2) is 35.3 Å². The lowest BCUT2D eigenvalue weighted by Gasteiger charge is -2.04. The van der Waals surface area contributed by atoms with Gasteiger partial charge in [0.25, 0.3) is 0 Å². The zero-order chi connectivity index (χ0) is 16.9. The van der Waals surface area contributed by atoms with Crippen molar-refractivity contribution in [2.45, 2.75) is 9.92 Å². The van der Waals surface area contributed by atoms with Crippen LogP contribution < -0.4 is 5.32 Å². The lowest BCUT2D eigenvalue weighted by Crippen LogP contribution is -2.05. The Balaban J connectivity index is 2.02. The number of hydrogen-bond donors (Lipinski definition) is 1. The van der Waals surface area contributed by atoms with Gasteiger partial charge < -0.3 is 5.32 Å². The van der Waals surface area contributed by atoms with E-state index in [0.29, 0.717) is 5.82 Å². The fourth-order valence-corrected chi connectivity index (χ4v) is 4.48. The number of anilines is 1. The fourth-order valence-electron chi connectivity index (χ4n) is 2.40. The first-order valence-corrected chi connectivity index (χ1v) is 9.19. The predicted molar refractivity (Wildman–Crippen MR) is 87.6 cm³/mol. The second-order valence-electron chi connectivity index (χ2n) is 4.94. The van der Waals surface area contributed by atoms with E-state index in [9.17, 15) is 12.8 Å². The molecule has 1 N–H and O–H groups in total. The number of benzene rings is 1. The van der Waals surface area contributed by atoms with Gasteiger partial charge in [-0.3, -0.25) is 0 Å². The number of hydrogen-bond acceptors (Lipinski definition) is 7. The van der Waals surface area contributed by atoms with Gasteiger partial charge >= 0.3 is 0 Å². The summed E-state index contributed by atoms with van der Waals surface area (Å²) in [7, 11) is -2.26. The van der Waals surface area contributed by atoms with Crippen molar-refractivity contribution in [3.63, 3.8) is 0 Å². The van der Waals surface area contributed by atoms with Crippen molar-refractivity contribution in [2.75, 3.05) is 12.4 Å². The smallest absolute Gasteiger partial charge is 0.229 e. The Hall–Kier alpha value is -2.59. The van der Waals surface area contributed by atoms with Gasteiger partial charge in [-0.15, -0.1) is 16.4 Å². The summed E-state index contributed by atoms with van der Waals surface area (Å²) < 4.78 is 40.1. The summed E-state index contributed by atoms with van der Waals surface area (Å²) in [6, 6.07) is 6.43. The molecule has 7 nitrogen and oxygen atoms in total. The highest BCUT2D eigenvalue weighted by molar-refractivity contribution is 7.91. The summed E-state index contributed by atoms with van der Waals surface area (Å²) in [5, 5.41) is 13.1. The van der Waals surface area contributed by atoms with Crippen molar-refractivity contribution in [1.29, 1.82) is 0 Å². The van der Waals surface area contributed by atoms with E-state index in [1.807, 2.05) is 11.4 Å². The number of halogens is 1. The second kappa shape index (κ2) is 5.21. The third-order valence-corrected chi connectivity index (χ3v) is 6.10. The van der Waals surface area contributed by atoms with Crippen LogP contribution in [0.15, 0.2) is 45.6 Å². The molecule has 3 heterocycles. The number of sulfone groups is 1. The molecule has 0 aliphatic carbocycles. The molecule has 1 aromatic carbocycles. The van der Waals surface area contributed by atoms with E-state index in [4.69, 9.17) is 0 Å². The van der Waals surface area contributed by atoms with E-state index in [1.54, 1.807) is 7.05 Å². The van der Waals surface area contributed by atoms with Gasteiger partial charge in [0.2, 0.25) is 14.9 Å². The van der Waals surface area contributed by atoms with Gasteiger partial charge in [0.05, 0.1) is 10.3 Å². The van der Waals surface area contributed by atoms with Crippen LogP contribution >= 0.6 is 11.3 Å². The maximum absolute atomic E-state index is 13.1. The zero-order valence-electron chi connectivity index (χ0n) is 12.3. The van der Waals surface area contributed by atoms with Gasteiger partial charge in [-0.25, -0.2) is 17.8 Å². The Kier molecular flexibility index (Phi) is 3.25. The van der Waals surface area contributed by atoms with Crippen molar-refractivity contribution in [3.8, 4) is 0 Å². The number of fused-ring (bicyclic) bond motifs is 3. The quantitative estimate of drug-likeness (QED) is 0.562. The normalized spacial score (nSPS) is 12.1. The van der Waals surface area contributed by atoms with Crippen molar-refractivity contribution in [2.24, 2.45) is 0 Å². The van der Waals surface area contributed by atoms with Crippen LogP contribution in [0.4, 0.5) is 10.2 Å². The number of nitrogens with one attached hydrogen (secondary N) is 1. The molecular weight excluding hydrogens is 353 g/mol. The Bertz CT molecular complexity index is 1170. The van der Waals surface area contributed by atoms with E-state index in [0.717, 1.165) is 22.3 Å². The molecule has 0 spiro atoms. The summed E-state index contributed by atoms with van der Waals surface area (Å²) >= 11 is 1.40. The van der Waals surface area contributed by atoms with E-state index in [1.165, 1.54) is 28.0 Å². The molecule has 0 amide bonds. The van der Waals surface area contributed by atoms with Crippen molar-refractivity contribution >= 4 is 42.9 Å². The summed E-state index contributed by atoms with van der Waals surface area (Å²) in [5.41, 5.74) is 0.124. The minimum absolute atomic E-state index is 0.0645. The molecule has 0 aliphatic rings. The number of thiophene rings is 1. The van der Waals surface area contributed by atoms with Crippen LogP contribution in [0.1, 0.15) is 0 Å². The summed E-state index contributed by atoms with van der Waals surface area (Å²) in [6.07, 6.45) is 0. The third-order valence-electron chi connectivity index (χ3n) is 3.54. The molecule has 3 aromatic heterocycles. The van der Waals surface area contributed by atoms with Gasteiger partial charge in [0.15, 0.2) is 5.65 Å². The zero-order valence-corrected chi connectivity index (χ0v) is 13.9. The molecule has 10 heteroatoms. The first kappa shape index (κ1) is 15.0. The molecule has 0 bridgehead atoms. The van der Waals surface area contributed by atoms with Crippen molar-refractivity contribution in [1.82, 2.24) is 19.8 Å². The third kappa shape index (κ3) is 2.07. The molecule has 24 heavy (non-hydrogen) atoms. The van der Waals surface area contributed by atoms with Gasteiger partial charge in [0, 0.05) is 7.05 Å². The number of aromatic nitrogens is 4. The lowest BCUT2D eigenvalue weighted by atomic mass is 10.4. The number of nitrogens with zero attached hydrogens (tertiary/aromatic N) is 4. The number of rotatable bonds is 3. The molecular formula is C14H10FN5O2S2. The average Bonchev–Trinajstić information content (AvgIpc) is 3.20. The molecule has 0 radical (unpaired) electrons. The fraction of sp³-hybridized carbons (Fsp3) is 0.0714. The van der Waals surface area contributed by atoms with Crippen LogP contribution in [-0.2, 0) is 9.84 Å². The highest BCUT2D eigenvalue weighted by Gasteiger charge is 2.27. The maximum atomic E-state index is 13.1. The first-order chi connectivity index (χ1) is 11.5. The maximum Gasteiger partial charge on any atom is 0.229 e. The monoisotopic (exact) mass is 363 g/mol. The predicted octanol–water partition coefficient (Wildman–Crippen LogP) is 2.35. The average molecular weight is 363 g/mol. The van der Waals surface area contributed by atoms with Crippen molar-refractivity contribution in [3.05, 3.63) is 41.5 Å². The molecule has 0 fully saturated rings. The summed E-state index contributed by atoms with van der Waals surface area (Å²) in [6.45, 7) is 0. The largest absolute Gasteiger partial charge is 0.372 e. The van der Waals surface area contributed by atoms with Crippen LogP contribution in [0.5, 0.6) is 0 Å². The summed E-state index contributed by atoms with van der Waals surface area (Å²) in [4.78, 5) is 5.01. The van der Waals surface area contributed by atoms with Gasteiger partial charge in [0.1, 0.15) is 16.5 Å². The van der Waals surface area contributed by atoms with Gasteiger partial charge in [-0.1, -0.05) is 5.21 Å². The van der Waals surface area contributed by atoms with Crippen LogP contribution in [0.2, 0.25) is 0 Å². The summed E-state index contributed by atoms with van der Waals surface area (Å²) in [5.74, 6) is 0.0225. The van der Waals surface area contributed by atoms with Gasteiger partial charge in [-0.05, 0) is 35.7 Å². The minimum Gasteiger partial charge on any atom is -0.372 e. The Morgan fingerprint density at radius 3 is 2.67 bits per heavy atom. The molecule has 4 rings (SSSR count). The molecule has 0 saturated heterocycles. The van der Waals surface area contributed by atoms with Gasteiger partial charge in [-0.2, -0.15) is 4.52 Å². The second-order valence-corrected chi connectivity index (χ2v) is 7.70. The Morgan fingerprint density at radius 1 is 1.21 bits per heavy atom.